The minimum atomic E-state index is -0.363. The average molecular weight is 208 g/mol. The highest BCUT2D eigenvalue weighted by atomic mass is 16.6. The van der Waals surface area contributed by atoms with E-state index in [1.807, 2.05) is 19.1 Å². The van der Waals surface area contributed by atoms with Gasteiger partial charge in [-0.2, -0.15) is 0 Å². The first kappa shape index (κ1) is 11.4. The summed E-state index contributed by atoms with van der Waals surface area (Å²) >= 11 is 0. The lowest BCUT2D eigenvalue weighted by atomic mass is 10.2. The summed E-state index contributed by atoms with van der Waals surface area (Å²) in [6.45, 7) is 4.55. The Morgan fingerprint density at radius 3 is 2.60 bits per heavy atom. The number of amides is 1. The molecular weight excluding hydrogens is 192 g/mol. The Hall–Kier alpha value is -1.71. The normalized spacial score (nSPS) is 9.73. The van der Waals surface area contributed by atoms with E-state index in [1.165, 1.54) is 4.90 Å². The van der Waals surface area contributed by atoms with Crippen LogP contribution in [0.4, 0.5) is 16.2 Å². The molecule has 1 aromatic rings. The SMILES string of the molecule is CCOC(=O)N(CC)c1ccccc1N. The van der Waals surface area contributed by atoms with E-state index in [9.17, 15) is 4.79 Å². The third kappa shape index (κ3) is 2.62. The molecule has 0 radical (unpaired) electrons. The highest BCUT2D eigenvalue weighted by Gasteiger charge is 2.16. The van der Waals surface area contributed by atoms with Gasteiger partial charge in [0.05, 0.1) is 18.0 Å². The van der Waals surface area contributed by atoms with Crippen LogP contribution in [0.2, 0.25) is 0 Å². The van der Waals surface area contributed by atoms with Crippen LogP contribution in [-0.4, -0.2) is 19.2 Å². The highest BCUT2D eigenvalue weighted by molar-refractivity contribution is 5.91. The smallest absolute Gasteiger partial charge is 0.414 e. The van der Waals surface area contributed by atoms with Crippen LogP contribution in [0.3, 0.4) is 0 Å². The van der Waals surface area contributed by atoms with Gasteiger partial charge in [0.25, 0.3) is 0 Å². The van der Waals surface area contributed by atoms with Crippen molar-refractivity contribution in [1.29, 1.82) is 0 Å². The van der Waals surface area contributed by atoms with Crippen molar-refractivity contribution >= 4 is 17.5 Å². The number of nitrogen functional groups attached to an aromatic ring is 1. The zero-order valence-corrected chi connectivity index (χ0v) is 9.06. The predicted molar refractivity (Wildman–Crippen MR) is 60.9 cm³/mol. The van der Waals surface area contributed by atoms with Gasteiger partial charge in [-0.05, 0) is 26.0 Å². The van der Waals surface area contributed by atoms with Crippen molar-refractivity contribution in [3.63, 3.8) is 0 Å². The number of hydrogen-bond acceptors (Lipinski definition) is 3. The molecule has 2 N–H and O–H groups in total. The first-order valence-electron chi connectivity index (χ1n) is 4.99. The number of ether oxygens (including phenoxy) is 1. The summed E-state index contributed by atoms with van der Waals surface area (Å²) in [5.41, 5.74) is 7.05. The van der Waals surface area contributed by atoms with Gasteiger partial charge in [0.2, 0.25) is 0 Å². The number of nitrogens with zero attached hydrogens (tertiary/aromatic N) is 1. The van der Waals surface area contributed by atoms with Crippen LogP contribution in [-0.2, 0) is 4.74 Å². The Labute approximate surface area is 89.6 Å². The molecule has 1 amide bonds. The van der Waals surface area contributed by atoms with Crippen LogP contribution < -0.4 is 10.6 Å². The Morgan fingerprint density at radius 2 is 2.07 bits per heavy atom. The second-order valence-electron chi connectivity index (χ2n) is 3.00. The van der Waals surface area contributed by atoms with Crippen LogP contribution in [0, 0.1) is 0 Å². The van der Waals surface area contributed by atoms with E-state index in [0.717, 1.165) is 0 Å². The zero-order chi connectivity index (χ0) is 11.3. The third-order valence-electron chi connectivity index (χ3n) is 2.03. The molecule has 0 unspecified atom stereocenters. The fraction of sp³-hybridized carbons (Fsp3) is 0.364. The van der Waals surface area contributed by atoms with Gasteiger partial charge in [0.1, 0.15) is 0 Å². The molecule has 0 fully saturated rings. The minimum absolute atomic E-state index is 0.363. The molecule has 0 saturated heterocycles. The minimum Gasteiger partial charge on any atom is -0.449 e. The number of hydrogen-bond donors (Lipinski definition) is 1. The van der Waals surface area contributed by atoms with Gasteiger partial charge < -0.3 is 10.5 Å². The molecule has 0 aliphatic carbocycles. The lowest BCUT2D eigenvalue weighted by Crippen LogP contribution is -2.31. The molecule has 0 bridgehead atoms. The summed E-state index contributed by atoms with van der Waals surface area (Å²) in [6, 6.07) is 7.23. The van der Waals surface area contributed by atoms with Crippen molar-refractivity contribution in [3.8, 4) is 0 Å². The molecule has 0 spiro atoms. The molecule has 4 heteroatoms. The molecule has 4 nitrogen and oxygen atoms in total. The number of para-hydroxylation sites is 2. The number of nitrogens with two attached hydrogens (primary N) is 1. The Balaban J connectivity index is 2.92. The standard InChI is InChI=1S/C11H16N2O2/c1-3-13(11(14)15-4-2)10-8-6-5-7-9(10)12/h5-8H,3-4,12H2,1-2H3. The average Bonchev–Trinajstić information content (AvgIpc) is 2.22. The maximum absolute atomic E-state index is 11.6. The van der Waals surface area contributed by atoms with E-state index >= 15 is 0 Å². The second-order valence-corrected chi connectivity index (χ2v) is 3.00. The van der Waals surface area contributed by atoms with E-state index in [1.54, 1.807) is 19.1 Å². The van der Waals surface area contributed by atoms with E-state index in [4.69, 9.17) is 10.5 Å². The van der Waals surface area contributed by atoms with Crippen LogP contribution in [0.1, 0.15) is 13.8 Å². The van der Waals surface area contributed by atoms with E-state index in [2.05, 4.69) is 0 Å². The fourth-order valence-corrected chi connectivity index (χ4v) is 1.33. The van der Waals surface area contributed by atoms with E-state index in [0.29, 0.717) is 24.5 Å². The predicted octanol–water partition coefficient (Wildman–Crippen LogP) is 2.25. The van der Waals surface area contributed by atoms with Crippen molar-refractivity contribution < 1.29 is 9.53 Å². The first-order valence-corrected chi connectivity index (χ1v) is 4.99. The third-order valence-corrected chi connectivity index (χ3v) is 2.03. The van der Waals surface area contributed by atoms with Crippen LogP contribution in [0.25, 0.3) is 0 Å². The molecule has 0 saturated carbocycles. The number of benzene rings is 1. The van der Waals surface area contributed by atoms with E-state index in [-0.39, 0.29) is 6.09 Å². The Kier molecular flexibility index (Phi) is 3.97. The van der Waals surface area contributed by atoms with Crippen LogP contribution in [0.5, 0.6) is 0 Å². The zero-order valence-electron chi connectivity index (χ0n) is 9.06. The molecule has 0 aromatic heterocycles. The lowest BCUT2D eigenvalue weighted by molar-refractivity contribution is 0.160. The van der Waals surface area contributed by atoms with Gasteiger partial charge in [-0.1, -0.05) is 12.1 Å². The molecule has 0 atom stereocenters. The quantitative estimate of drug-likeness (QED) is 0.775. The molecule has 82 valence electrons. The molecule has 0 heterocycles. The summed E-state index contributed by atoms with van der Waals surface area (Å²) in [6.07, 6.45) is -0.363. The van der Waals surface area contributed by atoms with Crippen LogP contribution in [0.15, 0.2) is 24.3 Å². The van der Waals surface area contributed by atoms with Crippen molar-refractivity contribution in [2.45, 2.75) is 13.8 Å². The van der Waals surface area contributed by atoms with Crippen molar-refractivity contribution in [3.05, 3.63) is 24.3 Å². The van der Waals surface area contributed by atoms with Gasteiger partial charge in [0, 0.05) is 6.54 Å². The molecule has 1 aromatic carbocycles. The number of carbonyl (C=O) groups is 1. The van der Waals surface area contributed by atoms with Gasteiger partial charge >= 0.3 is 6.09 Å². The number of anilines is 2. The molecule has 1 rings (SSSR count). The lowest BCUT2D eigenvalue weighted by Gasteiger charge is -2.21. The second kappa shape index (κ2) is 5.24. The highest BCUT2D eigenvalue weighted by Crippen LogP contribution is 2.22. The monoisotopic (exact) mass is 208 g/mol. The summed E-state index contributed by atoms with van der Waals surface area (Å²) in [4.78, 5) is 13.1. The van der Waals surface area contributed by atoms with Gasteiger partial charge in [-0.15, -0.1) is 0 Å². The first-order chi connectivity index (χ1) is 7.20. The van der Waals surface area contributed by atoms with Crippen molar-refractivity contribution in [2.24, 2.45) is 0 Å². The molecule has 0 aliphatic heterocycles. The van der Waals surface area contributed by atoms with Gasteiger partial charge in [0.15, 0.2) is 0 Å². The van der Waals surface area contributed by atoms with Crippen molar-refractivity contribution in [2.75, 3.05) is 23.8 Å². The molecule has 0 aliphatic rings. The molecular formula is C11H16N2O2. The Morgan fingerprint density at radius 1 is 1.40 bits per heavy atom. The van der Waals surface area contributed by atoms with Gasteiger partial charge in [-0.3, -0.25) is 4.90 Å². The maximum atomic E-state index is 11.6. The number of carbonyl (C=O) groups excluding carboxylic acids is 1. The summed E-state index contributed by atoms with van der Waals surface area (Å²) in [7, 11) is 0. The molecule has 15 heavy (non-hydrogen) atoms. The fourth-order valence-electron chi connectivity index (χ4n) is 1.33. The van der Waals surface area contributed by atoms with Gasteiger partial charge in [-0.25, -0.2) is 4.79 Å². The van der Waals surface area contributed by atoms with E-state index < -0.39 is 0 Å². The Bertz CT molecular complexity index is 339. The summed E-state index contributed by atoms with van der Waals surface area (Å²) in [5.74, 6) is 0. The summed E-state index contributed by atoms with van der Waals surface area (Å²) in [5, 5.41) is 0. The van der Waals surface area contributed by atoms with Crippen molar-refractivity contribution in [1.82, 2.24) is 0 Å². The largest absolute Gasteiger partial charge is 0.449 e. The summed E-state index contributed by atoms with van der Waals surface area (Å²) < 4.78 is 4.94. The number of rotatable bonds is 3. The van der Waals surface area contributed by atoms with Crippen LogP contribution >= 0.6 is 0 Å². The maximum Gasteiger partial charge on any atom is 0.414 e. The topological polar surface area (TPSA) is 55.6 Å².